The Balaban J connectivity index is 1.14. The number of likely N-dealkylation sites (tertiary alicyclic amines) is 1. The van der Waals surface area contributed by atoms with Gasteiger partial charge in [-0.25, -0.2) is 4.98 Å². The second kappa shape index (κ2) is 7.09. The lowest BCUT2D eigenvalue weighted by molar-refractivity contribution is -0.171. The first kappa shape index (κ1) is 17.5. The standard InChI is InChI=1S/C22H24N2O4/c25-21(19-13-16-5-1-2-6-18(16)28-19)24-14-22(15-24)17(9-12-27-22)8-11-26-20-7-3-4-10-23-20/h1-7,10,17,19H,8-9,11-15H2/t17-,19+/m0/s1. The monoisotopic (exact) mass is 380 g/mol. The van der Waals surface area contributed by atoms with E-state index in [1.165, 1.54) is 0 Å². The summed E-state index contributed by atoms with van der Waals surface area (Å²) in [5, 5.41) is 0. The fraction of sp³-hybridized carbons (Fsp3) is 0.455. The van der Waals surface area contributed by atoms with Gasteiger partial charge in [0.05, 0.1) is 19.7 Å². The molecule has 6 heteroatoms. The molecule has 0 N–H and O–H groups in total. The largest absolute Gasteiger partial charge is 0.480 e. The van der Waals surface area contributed by atoms with E-state index in [-0.39, 0.29) is 11.5 Å². The summed E-state index contributed by atoms with van der Waals surface area (Å²) in [6, 6.07) is 13.5. The Hall–Kier alpha value is -2.60. The highest BCUT2D eigenvalue weighted by atomic mass is 16.5. The van der Waals surface area contributed by atoms with E-state index in [0.717, 1.165) is 30.8 Å². The maximum absolute atomic E-state index is 12.9. The van der Waals surface area contributed by atoms with Gasteiger partial charge in [-0.3, -0.25) is 4.79 Å². The molecule has 1 spiro atoms. The van der Waals surface area contributed by atoms with E-state index < -0.39 is 6.10 Å². The van der Waals surface area contributed by atoms with Crippen molar-refractivity contribution in [3.8, 4) is 11.6 Å². The third-order valence-corrected chi connectivity index (χ3v) is 6.11. The van der Waals surface area contributed by atoms with Crippen LogP contribution in [0.1, 0.15) is 18.4 Å². The van der Waals surface area contributed by atoms with Gasteiger partial charge in [0.2, 0.25) is 5.88 Å². The Kier molecular flexibility index (Phi) is 4.43. The van der Waals surface area contributed by atoms with Gasteiger partial charge in [-0.05, 0) is 36.5 Å². The van der Waals surface area contributed by atoms with Crippen LogP contribution in [0.5, 0.6) is 11.6 Å². The van der Waals surface area contributed by atoms with Crippen LogP contribution >= 0.6 is 0 Å². The van der Waals surface area contributed by atoms with Gasteiger partial charge in [0.1, 0.15) is 11.4 Å². The summed E-state index contributed by atoms with van der Waals surface area (Å²) in [6.45, 7) is 2.66. The maximum atomic E-state index is 12.9. The van der Waals surface area contributed by atoms with Crippen LogP contribution in [0.4, 0.5) is 0 Å². The van der Waals surface area contributed by atoms with E-state index >= 15 is 0 Å². The molecule has 0 aliphatic carbocycles. The number of pyridine rings is 1. The highest BCUT2D eigenvalue weighted by Crippen LogP contribution is 2.42. The second-order valence-electron chi connectivity index (χ2n) is 7.82. The lowest BCUT2D eigenvalue weighted by atomic mass is 9.79. The minimum atomic E-state index is -0.401. The maximum Gasteiger partial charge on any atom is 0.264 e. The molecule has 0 saturated carbocycles. The van der Waals surface area contributed by atoms with Gasteiger partial charge in [-0.1, -0.05) is 24.3 Å². The first-order valence-corrected chi connectivity index (χ1v) is 9.95. The molecule has 28 heavy (non-hydrogen) atoms. The molecule has 5 rings (SSSR count). The molecule has 1 amide bonds. The number of hydrogen-bond acceptors (Lipinski definition) is 5. The molecule has 6 nitrogen and oxygen atoms in total. The third-order valence-electron chi connectivity index (χ3n) is 6.11. The summed E-state index contributed by atoms with van der Waals surface area (Å²) in [5.74, 6) is 1.96. The van der Waals surface area contributed by atoms with Gasteiger partial charge in [-0.15, -0.1) is 0 Å². The molecular formula is C22H24N2O4. The second-order valence-corrected chi connectivity index (χ2v) is 7.82. The molecule has 0 radical (unpaired) electrons. The summed E-state index contributed by atoms with van der Waals surface area (Å²) in [6.07, 6.45) is 3.90. The Morgan fingerprint density at radius 2 is 2.07 bits per heavy atom. The van der Waals surface area contributed by atoms with Crippen LogP contribution in [0.15, 0.2) is 48.7 Å². The number of carbonyl (C=O) groups is 1. The summed E-state index contributed by atoms with van der Waals surface area (Å²) in [5.41, 5.74) is 0.895. The molecule has 0 unspecified atom stereocenters. The average Bonchev–Trinajstić information content (AvgIpc) is 3.31. The first-order valence-electron chi connectivity index (χ1n) is 9.95. The Morgan fingerprint density at radius 3 is 2.89 bits per heavy atom. The van der Waals surface area contributed by atoms with Crippen LogP contribution < -0.4 is 9.47 Å². The zero-order valence-corrected chi connectivity index (χ0v) is 15.8. The number of amides is 1. The summed E-state index contributed by atoms with van der Waals surface area (Å²) >= 11 is 0. The normalized spacial score (nSPS) is 24.5. The number of hydrogen-bond donors (Lipinski definition) is 0. The zero-order chi connectivity index (χ0) is 19.0. The third kappa shape index (κ3) is 3.11. The molecular weight excluding hydrogens is 356 g/mol. The van der Waals surface area contributed by atoms with Gasteiger partial charge in [0.15, 0.2) is 6.10 Å². The molecule has 1 aromatic carbocycles. The topological polar surface area (TPSA) is 60.9 Å². The summed E-state index contributed by atoms with van der Waals surface area (Å²) < 4.78 is 17.7. The lowest BCUT2D eigenvalue weighted by Gasteiger charge is -2.50. The molecule has 146 valence electrons. The highest BCUT2D eigenvalue weighted by Gasteiger charge is 2.55. The van der Waals surface area contributed by atoms with E-state index in [4.69, 9.17) is 14.2 Å². The number of para-hydroxylation sites is 1. The molecule has 2 fully saturated rings. The van der Waals surface area contributed by atoms with Gasteiger partial charge in [0.25, 0.3) is 5.91 Å². The number of nitrogens with zero attached hydrogens (tertiary/aromatic N) is 2. The van der Waals surface area contributed by atoms with Crippen LogP contribution in [0.2, 0.25) is 0 Å². The molecule has 4 heterocycles. The summed E-state index contributed by atoms with van der Waals surface area (Å²) in [4.78, 5) is 18.9. The number of carbonyl (C=O) groups excluding carboxylic acids is 1. The predicted octanol–water partition coefficient (Wildman–Crippen LogP) is 2.47. The van der Waals surface area contributed by atoms with E-state index in [1.54, 1.807) is 6.20 Å². The van der Waals surface area contributed by atoms with Crippen LogP contribution in [0.3, 0.4) is 0 Å². The Bertz CT molecular complexity index is 826. The van der Waals surface area contributed by atoms with Crippen LogP contribution in [0.25, 0.3) is 0 Å². The van der Waals surface area contributed by atoms with Crippen molar-refractivity contribution >= 4 is 5.91 Å². The molecule has 3 aliphatic rings. The van der Waals surface area contributed by atoms with E-state index in [9.17, 15) is 4.79 Å². The summed E-state index contributed by atoms with van der Waals surface area (Å²) in [7, 11) is 0. The Labute approximate surface area is 164 Å². The molecule has 1 aromatic heterocycles. The van der Waals surface area contributed by atoms with Crippen molar-refractivity contribution in [3.05, 3.63) is 54.2 Å². The van der Waals surface area contributed by atoms with Crippen LogP contribution in [-0.2, 0) is 16.0 Å². The minimum Gasteiger partial charge on any atom is -0.480 e. The lowest BCUT2D eigenvalue weighted by Crippen LogP contribution is -2.67. The van der Waals surface area contributed by atoms with Crippen molar-refractivity contribution in [3.63, 3.8) is 0 Å². The van der Waals surface area contributed by atoms with Crippen LogP contribution in [0, 0.1) is 5.92 Å². The quantitative estimate of drug-likeness (QED) is 0.798. The predicted molar refractivity (Wildman–Crippen MR) is 102 cm³/mol. The molecule has 0 bridgehead atoms. The fourth-order valence-corrected chi connectivity index (χ4v) is 4.56. The molecule has 2 saturated heterocycles. The van der Waals surface area contributed by atoms with Crippen molar-refractivity contribution in [2.24, 2.45) is 5.92 Å². The molecule has 2 atom stereocenters. The molecule has 2 aromatic rings. The Morgan fingerprint density at radius 1 is 1.21 bits per heavy atom. The van der Waals surface area contributed by atoms with Crippen LogP contribution in [-0.4, -0.2) is 53.8 Å². The van der Waals surface area contributed by atoms with Crippen molar-refractivity contribution in [2.45, 2.75) is 31.0 Å². The SMILES string of the molecule is O=C([C@H]1Cc2ccccc2O1)N1CC2(C1)OCC[C@@H]2CCOc1ccccn1. The van der Waals surface area contributed by atoms with Crippen molar-refractivity contribution < 1.29 is 19.0 Å². The fourth-order valence-electron chi connectivity index (χ4n) is 4.56. The smallest absolute Gasteiger partial charge is 0.264 e. The zero-order valence-electron chi connectivity index (χ0n) is 15.8. The van der Waals surface area contributed by atoms with Crippen molar-refractivity contribution in [1.29, 1.82) is 0 Å². The number of aromatic nitrogens is 1. The van der Waals surface area contributed by atoms with Gasteiger partial charge >= 0.3 is 0 Å². The van der Waals surface area contributed by atoms with Crippen molar-refractivity contribution in [2.75, 3.05) is 26.3 Å². The van der Waals surface area contributed by atoms with E-state index in [2.05, 4.69) is 4.98 Å². The van der Waals surface area contributed by atoms with E-state index in [1.807, 2.05) is 47.4 Å². The number of benzene rings is 1. The van der Waals surface area contributed by atoms with E-state index in [0.29, 0.717) is 37.9 Å². The number of rotatable bonds is 5. The number of fused-ring (bicyclic) bond motifs is 1. The van der Waals surface area contributed by atoms with Crippen molar-refractivity contribution in [1.82, 2.24) is 9.88 Å². The van der Waals surface area contributed by atoms with Gasteiger partial charge in [0, 0.05) is 25.3 Å². The minimum absolute atomic E-state index is 0.0702. The van der Waals surface area contributed by atoms with Gasteiger partial charge < -0.3 is 19.1 Å². The average molecular weight is 380 g/mol. The highest BCUT2D eigenvalue weighted by molar-refractivity contribution is 5.83. The number of ether oxygens (including phenoxy) is 3. The molecule has 3 aliphatic heterocycles. The first-order chi connectivity index (χ1) is 13.7. The van der Waals surface area contributed by atoms with Gasteiger partial charge in [-0.2, -0.15) is 0 Å².